The zero-order valence-electron chi connectivity index (χ0n) is 12.4. The Morgan fingerprint density at radius 1 is 1.30 bits per heavy atom. The van der Waals surface area contributed by atoms with Gasteiger partial charge in [-0.25, -0.2) is 9.79 Å². The zero-order chi connectivity index (χ0) is 15.0. The Balaban J connectivity index is 2.35. The van der Waals surface area contributed by atoms with E-state index in [9.17, 15) is 4.79 Å². The molecule has 1 aromatic rings. The molecule has 0 aliphatic rings. The minimum atomic E-state index is -0.461. The highest BCUT2D eigenvalue weighted by atomic mass is 16.6. The molecule has 0 aromatic heterocycles. The molecule has 1 amide bonds. The summed E-state index contributed by atoms with van der Waals surface area (Å²) in [6, 6.07) is 8.10. The van der Waals surface area contributed by atoms with Gasteiger partial charge in [-0.15, -0.1) is 0 Å². The molecule has 0 fully saturated rings. The summed E-state index contributed by atoms with van der Waals surface area (Å²) in [5.41, 5.74) is 1.81. The zero-order valence-corrected chi connectivity index (χ0v) is 12.4. The second-order valence-electron chi connectivity index (χ2n) is 5.47. The number of ether oxygens (including phenoxy) is 1. The van der Waals surface area contributed by atoms with Crippen molar-refractivity contribution in [3.8, 4) is 0 Å². The molecular formula is C16H22N2O2. The molecule has 0 heterocycles. The van der Waals surface area contributed by atoms with E-state index < -0.39 is 5.60 Å². The van der Waals surface area contributed by atoms with E-state index in [4.69, 9.17) is 4.74 Å². The number of hydrogen-bond donors (Lipinski definition) is 1. The molecular weight excluding hydrogens is 252 g/mol. The van der Waals surface area contributed by atoms with Crippen molar-refractivity contribution in [2.24, 2.45) is 4.99 Å². The van der Waals surface area contributed by atoms with E-state index in [-0.39, 0.29) is 6.09 Å². The topological polar surface area (TPSA) is 50.7 Å². The Labute approximate surface area is 120 Å². The maximum Gasteiger partial charge on any atom is 0.407 e. The molecule has 0 saturated carbocycles. The molecule has 0 atom stereocenters. The van der Waals surface area contributed by atoms with Crippen molar-refractivity contribution < 1.29 is 9.53 Å². The number of hydrogen-bond acceptors (Lipinski definition) is 3. The van der Waals surface area contributed by atoms with E-state index in [2.05, 4.69) is 22.8 Å². The van der Waals surface area contributed by atoms with Crippen molar-refractivity contribution in [2.75, 3.05) is 6.54 Å². The van der Waals surface area contributed by atoms with Crippen LogP contribution in [0.5, 0.6) is 0 Å². The summed E-state index contributed by atoms with van der Waals surface area (Å²) in [7, 11) is 0. The van der Waals surface area contributed by atoms with Gasteiger partial charge in [0.15, 0.2) is 0 Å². The first-order chi connectivity index (χ1) is 9.40. The van der Waals surface area contributed by atoms with Crippen LogP contribution in [0.2, 0.25) is 0 Å². The monoisotopic (exact) mass is 274 g/mol. The Kier molecular flexibility index (Phi) is 6.01. The van der Waals surface area contributed by atoms with Gasteiger partial charge in [-0.3, -0.25) is 0 Å². The molecule has 0 spiro atoms. The lowest BCUT2D eigenvalue weighted by molar-refractivity contribution is 0.0528. The summed E-state index contributed by atoms with van der Waals surface area (Å²) in [4.78, 5) is 15.4. The molecule has 4 heteroatoms. The minimum absolute atomic E-state index is 0.380. The van der Waals surface area contributed by atoms with Gasteiger partial charge in [0.1, 0.15) is 5.60 Å². The van der Waals surface area contributed by atoms with Crippen molar-refractivity contribution >= 4 is 12.0 Å². The molecule has 0 unspecified atom stereocenters. The molecule has 20 heavy (non-hydrogen) atoms. The van der Waals surface area contributed by atoms with E-state index in [1.54, 1.807) is 0 Å². The summed E-state index contributed by atoms with van der Waals surface area (Å²) in [5, 5.41) is 2.74. The smallest absolute Gasteiger partial charge is 0.407 e. The van der Waals surface area contributed by atoms with Crippen LogP contribution in [0, 0.1) is 0 Å². The van der Waals surface area contributed by atoms with Gasteiger partial charge in [0, 0.05) is 6.54 Å². The highest BCUT2D eigenvalue weighted by molar-refractivity contribution is 5.67. The van der Waals surface area contributed by atoms with Gasteiger partial charge >= 0.3 is 6.09 Å². The predicted molar refractivity (Wildman–Crippen MR) is 81.1 cm³/mol. The Hall–Kier alpha value is -2.06. The van der Waals surface area contributed by atoms with E-state index >= 15 is 0 Å². The van der Waals surface area contributed by atoms with Crippen LogP contribution in [0.1, 0.15) is 31.9 Å². The van der Waals surface area contributed by atoms with E-state index in [0.29, 0.717) is 13.1 Å². The maximum absolute atomic E-state index is 11.5. The molecule has 1 rings (SSSR count). The van der Waals surface area contributed by atoms with Crippen LogP contribution < -0.4 is 5.32 Å². The molecule has 0 radical (unpaired) electrons. The lowest BCUT2D eigenvalue weighted by Crippen LogP contribution is -2.33. The average molecular weight is 274 g/mol. The molecule has 108 valence electrons. The number of rotatable bonds is 5. The second kappa shape index (κ2) is 7.51. The number of nitrogens with zero attached hydrogens (tertiary/aromatic N) is 1. The number of carbonyl (C=O) groups is 1. The SMILES string of the molecule is C=C=NCc1ccc(CCNC(=O)OC(C)(C)C)cc1. The Bertz CT molecular complexity index is 480. The van der Waals surface area contributed by atoms with E-state index in [1.807, 2.05) is 45.0 Å². The normalized spacial score (nSPS) is 10.6. The average Bonchev–Trinajstić information content (AvgIpc) is 2.35. The van der Waals surface area contributed by atoms with Crippen LogP contribution in [0.4, 0.5) is 4.79 Å². The first-order valence-corrected chi connectivity index (χ1v) is 6.64. The van der Waals surface area contributed by atoms with Gasteiger partial charge in [-0.05, 0) is 50.8 Å². The molecule has 0 aliphatic carbocycles. The maximum atomic E-state index is 11.5. The van der Waals surface area contributed by atoms with Crippen molar-refractivity contribution in [1.82, 2.24) is 5.32 Å². The number of nitrogens with one attached hydrogen (secondary N) is 1. The minimum Gasteiger partial charge on any atom is -0.444 e. The number of carbonyl (C=O) groups excluding carboxylic acids is 1. The van der Waals surface area contributed by atoms with Crippen molar-refractivity contribution in [1.29, 1.82) is 0 Å². The largest absolute Gasteiger partial charge is 0.444 e. The second-order valence-corrected chi connectivity index (χ2v) is 5.47. The summed E-state index contributed by atoms with van der Waals surface area (Å²) < 4.78 is 5.16. The summed E-state index contributed by atoms with van der Waals surface area (Å²) in [6.07, 6.45) is 0.388. The Morgan fingerprint density at radius 2 is 1.90 bits per heavy atom. The first kappa shape index (κ1) is 16.0. The standard InChI is InChI=1S/C16H22N2O2/c1-5-17-12-14-8-6-13(7-9-14)10-11-18-15(19)20-16(2,3)4/h6-9H,1,10-12H2,2-4H3,(H,18,19). The van der Waals surface area contributed by atoms with Gasteiger partial charge in [-0.2, -0.15) is 0 Å². The third-order valence-electron chi connectivity index (χ3n) is 2.48. The van der Waals surface area contributed by atoms with Gasteiger partial charge in [0.25, 0.3) is 0 Å². The van der Waals surface area contributed by atoms with Crippen LogP contribution in [0.3, 0.4) is 0 Å². The highest BCUT2D eigenvalue weighted by Crippen LogP contribution is 2.07. The quantitative estimate of drug-likeness (QED) is 0.839. The third kappa shape index (κ3) is 6.76. The molecule has 1 aromatic carbocycles. The van der Waals surface area contributed by atoms with Crippen LogP contribution in [0.25, 0.3) is 0 Å². The fraction of sp³-hybridized carbons (Fsp3) is 0.438. The summed E-state index contributed by atoms with van der Waals surface area (Å²) in [6.45, 7) is 10.1. The lowest BCUT2D eigenvalue weighted by atomic mass is 10.1. The fourth-order valence-electron chi connectivity index (χ4n) is 1.58. The highest BCUT2D eigenvalue weighted by Gasteiger charge is 2.15. The summed E-state index contributed by atoms with van der Waals surface area (Å²) in [5.74, 6) is 2.51. The Morgan fingerprint density at radius 3 is 2.45 bits per heavy atom. The van der Waals surface area contributed by atoms with Crippen LogP contribution in [-0.2, 0) is 17.7 Å². The van der Waals surface area contributed by atoms with E-state index in [0.717, 1.165) is 17.5 Å². The predicted octanol–water partition coefficient (Wildman–Crippen LogP) is 3.11. The van der Waals surface area contributed by atoms with Gasteiger partial charge in [0.05, 0.1) is 6.54 Å². The van der Waals surface area contributed by atoms with Crippen LogP contribution in [-0.4, -0.2) is 24.1 Å². The molecule has 4 nitrogen and oxygen atoms in total. The lowest BCUT2D eigenvalue weighted by Gasteiger charge is -2.19. The van der Waals surface area contributed by atoms with Crippen molar-refractivity contribution in [3.05, 3.63) is 42.0 Å². The number of benzene rings is 1. The van der Waals surface area contributed by atoms with Crippen LogP contribution in [0.15, 0.2) is 35.8 Å². The van der Waals surface area contributed by atoms with Gasteiger partial charge in [-0.1, -0.05) is 24.3 Å². The number of amides is 1. The fourth-order valence-corrected chi connectivity index (χ4v) is 1.58. The van der Waals surface area contributed by atoms with Crippen molar-refractivity contribution in [3.63, 3.8) is 0 Å². The summed E-state index contributed by atoms with van der Waals surface area (Å²) >= 11 is 0. The molecule has 0 bridgehead atoms. The van der Waals surface area contributed by atoms with Crippen LogP contribution >= 0.6 is 0 Å². The van der Waals surface area contributed by atoms with Crippen molar-refractivity contribution in [2.45, 2.75) is 39.3 Å². The van der Waals surface area contributed by atoms with Gasteiger partial charge < -0.3 is 10.1 Å². The number of alkyl carbamates (subject to hydrolysis) is 1. The molecule has 1 N–H and O–H groups in total. The van der Waals surface area contributed by atoms with Gasteiger partial charge in [0.2, 0.25) is 0 Å². The van der Waals surface area contributed by atoms with E-state index in [1.165, 1.54) is 0 Å². The third-order valence-corrected chi connectivity index (χ3v) is 2.48. The molecule has 0 aliphatic heterocycles. The first-order valence-electron chi connectivity index (χ1n) is 6.64. The number of aliphatic imine (C=N–C) groups is 1. The molecule has 0 saturated heterocycles.